The summed E-state index contributed by atoms with van der Waals surface area (Å²) in [5.41, 5.74) is 6.44. The average molecular weight is 326 g/mol. The molecule has 0 atom stereocenters. The zero-order valence-electron chi connectivity index (χ0n) is 16.0. The highest BCUT2D eigenvalue weighted by molar-refractivity contribution is 5.67. The van der Waals surface area contributed by atoms with E-state index in [0.29, 0.717) is 5.92 Å². The van der Waals surface area contributed by atoms with Gasteiger partial charge < -0.3 is 0 Å². The normalized spacial score (nSPS) is 13.6. The van der Waals surface area contributed by atoms with Crippen molar-refractivity contribution in [2.24, 2.45) is 5.92 Å². The Morgan fingerprint density at radius 1 is 1.12 bits per heavy atom. The van der Waals surface area contributed by atoms with Crippen LogP contribution in [-0.4, -0.2) is 0 Å². The Labute approximate surface area is 147 Å². The molecule has 0 nitrogen and oxygen atoms in total. The number of allylic oxidation sites excluding steroid dienone is 7. The fourth-order valence-electron chi connectivity index (χ4n) is 2.55. The zero-order valence-corrected chi connectivity index (χ0v) is 16.0. The number of hydrogen-bond acceptors (Lipinski definition) is 0. The Morgan fingerprint density at radius 2 is 1.79 bits per heavy atom. The van der Waals surface area contributed by atoms with E-state index >= 15 is 0 Å². The summed E-state index contributed by atoms with van der Waals surface area (Å²) in [4.78, 5) is 0. The van der Waals surface area contributed by atoms with Gasteiger partial charge in [0.15, 0.2) is 0 Å². The highest BCUT2D eigenvalue weighted by atomic mass is 19.1. The third-order valence-electron chi connectivity index (χ3n) is 4.24. The van der Waals surface area contributed by atoms with Crippen LogP contribution in [0.4, 0.5) is 4.39 Å². The molecule has 0 unspecified atom stereocenters. The molecule has 0 aliphatic heterocycles. The van der Waals surface area contributed by atoms with Crippen molar-refractivity contribution in [3.63, 3.8) is 0 Å². The molecular formula is C23H31F. The minimum atomic E-state index is -0.159. The van der Waals surface area contributed by atoms with Gasteiger partial charge in [-0.15, -0.1) is 0 Å². The molecule has 0 amide bonds. The lowest BCUT2D eigenvalue weighted by atomic mass is 9.97. The van der Waals surface area contributed by atoms with Crippen LogP contribution in [-0.2, 0) is 6.42 Å². The van der Waals surface area contributed by atoms with Gasteiger partial charge in [0.2, 0.25) is 0 Å². The minimum Gasteiger partial charge on any atom is -0.207 e. The number of aryl methyl sites for hydroxylation is 1. The summed E-state index contributed by atoms with van der Waals surface area (Å²) in [7, 11) is 0. The lowest BCUT2D eigenvalue weighted by molar-refractivity contribution is 0.581. The number of rotatable bonds is 7. The molecule has 0 radical (unpaired) electrons. The second-order valence-electron chi connectivity index (χ2n) is 6.96. The van der Waals surface area contributed by atoms with E-state index in [0.717, 1.165) is 40.7 Å². The first-order valence-corrected chi connectivity index (χ1v) is 8.72. The molecule has 0 fully saturated rings. The molecule has 0 aromatic heterocycles. The molecule has 0 aliphatic carbocycles. The van der Waals surface area contributed by atoms with Gasteiger partial charge in [0, 0.05) is 0 Å². The van der Waals surface area contributed by atoms with Gasteiger partial charge in [-0.25, -0.2) is 4.39 Å². The quantitative estimate of drug-likeness (QED) is 0.462. The van der Waals surface area contributed by atoms with Crippen LogP contribution in [0.25, 0.3) is 5.57 Å². The van der Waals surface area contributed by atoms with Crippen molar-refractivity contribution in [1.82, 2.24) is 0 Å². The van der Waals surface area contributed by atoms with E-state index in [-0.39, 0.29) is 5.82 Å². The lowest BCUT2D eigenvalue weighted by Crippen LogP contribution is -1.95. The summed E-state index contributed by atoms with van der Waals surface area (Å²) < 4.78 is 14.0. The third kappa shape index (κ3) is 6.31. The molecule has 0 heterocycles. The maximum Gasteiger partial charge on any atom is 0.124 e. The molecule has 1 aromatic rings. The summed E-state index contributed by atoms with van der Waals surface area (Å²) in [6, 6.07) is 5.37. The van der Waals surface area contributed by atoms with E-state index in [2.05, 4.69) is 51.6 Å². The van der Waals surface area contributed by atoms with Gasteiger partial charge in [-0.2, -0.15) is 0 Å². The molecule has 0 bridgehead atoms. The molecule has 130 valence electrons. The van der Waals surface area contributed by atoms with Gasteiger partial charge in [-0.1, -0.05) is 50.3 Å². The van der Waals surface area contributed by atoms with Crippen LogP contribution in [0, 0.1) is 11.7 Å². The second-order valence-corrected chi connectivity index (χ2v) is 6.96. The van der Waals surface area contributed by atoms with Crippen LogP contribution >= 0.6 is 0 Å². The fourth-order valence-corrected chi connectivity index (χ4v) is 2.55. The monoisotopic (exact) mass is 326 g/mol. The Hall–Kier alpha value is -1.89. The fraction of sp³-hybridized carbons (Fsp3) is 0.391. The van der Waals surface area contributed by atoms with E-state index < -0.39 is 0 Å². The van der Waals surface area contributed by atoms with Crippen molar-refractivity contribution in [1.29, 1.82) is 0 Å². The molecule has 24 heavy (non-hydrogen) atoms. The molecule has 0 N–H and O–H groups in total. The van der Waals surface area contributed by atoms with Gasteiger partial charge in [0.1, 0.15) is 5.82 Å². The topological polar surface area (TPSA) is 0 Å². The highest BCUT2D eigenvalue weighted by Gasteiger charge is 2.05. The summed E-state index contributed by atoms with van der Waals surface area (Å²) in [6.07, 6.45) is 8.20. The first-order chi connectivity index (χ1) is 11.2. The molecule has 0 aliphatic rings. The van der Waals surface area contributed by atoms with Crippen molar-refractivity contribution in [2.75, 3.05) is 0 Å². The Bertz CT molecular complexity index is 669. The van der Waals surface area contributed by atoms with Crippen molar-refractivity contribution in [2.45, 2.75) is 54.4 Å². The largest absolute Gasteiger partial charge is 0.207 e. The predicted octanol–water partition coefficient (Wildman–Crippen LogP) is 7.29. The smallest absolute Gasteiger partial charge is 0.124 e. The standard InChI is InChI=1S/C23H31F/c1-8-18(6)23(17(4)5)12-10-19(7)21-13-20(11-9-16(2)3)14-22(24)15-21/h8,10,12-16H,4,9,11H2,1-3,5-7H3/b18-8+,19-10+,23-12-. The van der Waals surface area contributed by atoms with Gasteiger partial charge in [-0.05, 0) is 86.4 Å². The van der Waals surface area contributed by atoms with Gasteiger partial charge >= 0.3 is 0 Å². The number of hydrogen-bond donors (Lipinski definition) is 0. The van der Waals surface area contributed by atoms with E-state index in [1.807, 2.05) is 20.8 Å². The molecule has 0 spiro atoms. The van der Waals surface area contributed by atoms with Crippen LogP contribution in [0.1, 0.15) is 59.1 Å². The van der Waals surface area contributed by atoms with E-state index in [1.54, 1.807) is 12.1 Å². The van der Waals surface area contributed by atoms with Crippen LogP contribution in [0.15, 0.2) is 59.7 Å². The Morgan fingerprint density at radius 3 is 2.33 bits per heavy atom. The summed E-state index contributed by atoms with van der Waals surface area (Å²) in [6.45, 7) is 16.6. The zero-order chi connectivity index (χ0) is 18.3. The average Bonchev–Trinajstić information content (AvgIpc) is 2.51. The first kappa shape index (κ1) is 20.2. The summed E-state index contributed by atoms with van der Waals surface area (Å²) >= 11 is 0. The minimum absolute atomic E-state index is 0.159. The van der Waals surface area contributed by atoms with Crippen molar-refractivity contribution in [3.8, 4) is 0 Å². The molecule has 1 aromatic carbocycles. The molecule has 0 saturated carbocycles. The summed E-state index contributed by atoms with van der Waals surface area (Å²) in [5, 5.41) is 0. The lowest BCUT2D eigenvalue weighted by Gasteiger charge is -2.09. The number of halogens is 1. The molecular weight excluding hydrogens is 295 g/mol. The van der Waals surface area contributed by atoms with Crippen LogP contribution in [0.5, 0.6) is 0 Å². The maximum atomic E-state index is 14.0. The molecule has 1 heteroatoms. The van der Waals surface area contributed by atoms with Crippen LogP contribution in [0.3, 0.4) is 0 Å². The maximum absolute atomic E-state index is 14.0. The third-order valence-corrected chi connectivity index (χ3v) is 4.24. The van der Waals surface area contributed by atoms with Gasteiger partial charge in [0.25, 0.3) is 0 Å². The molecule has 0 saturated heterocycles. The van der Waals surface area contributed by atoms with E-state index in [1.165, 1.54) is 5.57 Å². The highest BCUT2D eigenvalue weighted by Crippen LogP contribution is 2.22. The Kier molecular flexibility index (Phi) is 7.91. The van der Waals surface area contributed by atoms with E-state index in [4.69, 9.17) is 0 Å². The van der Waals surface area contributed by atoms with Crippen LogP contribution in [0.2, 0.25) is 0 Å². The van der Waals surface area contributed by atoms with Crippen LogP contribution < -0.4 is 0 Å². The van der Waals surface area contributed by atoms with E-state index in [9.17, 15) is 4.39 Å². The second kappa shape index (κ2) is 9.42. The number of benzene rings is 1. The first-order valence-electron chi connectivity index (χ1n) is 8.72. The van der Waals surface area contributed by atoms with Crippen molar-refractivity contribution < 1.29 is 4.39 Å². The van der Waals surface area contributed by atoms with Crippen molar-refractivity contribution in [3.05, 3.63) is 76.7 Å². The van der Waals surface area contributed by atoms with Gasteiger partial charge in [0.05, 0.1) is 0 Å². The summed E-state index contributed by atoms with van der Waals surface area (Å²) in [5.74, 6) is 0.464. The Balaban J connectivity index is 3.13. The predicted molar refractivity (Wildman–Crippen MR) is 106 cm³/mol. The van der Waals surface area contributed by atoms with Gasteiger partial charge in [-0.3, -0.25) is 0 Å². The molecule has 1 rings (SSSR count). The SMILES string of the molecule is C=C(C)C(=C/C=C(\C)c1cc(F)cc(CCC(C)C)c1)/C(C)=C/C. The van der Waals surface area contributed by atoms with Crippen molar-refractivity contribution >= 4 is 5.57 Å².